The van der Waals surface area contributed by atoms with Crippen molar-refractivity contribution in [3.8, 4) is 11.5 Å². The van der Waals surface area contributed by atoms with Crippen LogP contribution in [0.5, 0.6) is 11.5 Å². The number of carbonyl (C=O) groups is 2. The number of carbonyl (C=O) groups excluding carboxylic acids is 2. The highest BCUT2D eigenvalue weighted by molar-refractivity contribution is 6.31. The minimum absolute atomic E-state index is 0.207. The molecule has 1 N–H and O–H groups in total. The van der Waals surface area contributed by atoms with Crippen molar-refractivity contribution in [2.45, 2.75) is 13.0 Å². The van der Waals surface area contributed by atoms with Gasteiger partial charge in [0.15, 0.2) is 11.5 Å². The molecule has 2 aromatic rings. The van der Waals surface area contributed by atoms with Gasteiger partial charge in [0.25, 0.3) is 5.91 Å². The number of ether oxygens (including phenoxy) is 2. The molecule has 1 heterocycles. The zero-order chi connectivity index (χ0) is 18.7. The molecule has 3 rings (SSSR count). The predicted molar refractivity (Wildman–Crippen MR) is 98.9 cm³/mol. The van der Waals surface area contributed by atoms with E-state index in [0.717, 1.165) is 5.69 Å². The molecule has 1 aliphatic heterocycles. The highest BCUT2D eigenvalue weighted by Crippen LogP contribution is 2.37. The fourth-order valence-corrected chi connectivity index (χ4v) is 3.15. The van der Waals surface area contributed by atoms with Crippen LogP contribution in [0.2, 0.25) is 5.02 Å². The number of benzene rings is 2. The van der Waals surface area contributed by atoms with E-state index in [0.29, 0.717) is 28.6 Å². The third-order valence-corrected chi connectivity index (χ3v) is 4.33. The average Bonchev–Trinajstić information content (AvgIpc) is 2.87. The molecule has 0 saturated heterocycles. The fraction of sp³-hybridized carbons (Fsp3) is 0.263. The second-order valence-corrected chi connectivity index (χ2v) is 6.26. The third-order valence-electron chi connectivity index (χ3n) is 4.09. The van der Waals surface area contributed by atoms with E-state index in [9.17, 15) is 9.59 Å². The maximum Gasteiger partial charge on any atom is 0.254 e. The summed E-state index contributed by atoms with van der Waals surface area (Å²) in [4.78, 5) is 25.8. The van der Waals surface area contributed by atoms with Crippen LogP contribution in [0.1, 0.15) is 18.5 Å². The van der Waals surface area contributed by atoms with Crippen LogP contribution in [-0.2, 0) is 9.59 Å². The van der Waals surface area contributed by atoms with Gasteiger partial charge in [-0.15, -0.1) is 0 Å². The number of nitrogens with zero attached hydrogens (tertiary/aromatic N) is 1. The van der Waals surface area contributed by atoms with E-state index in [1.54, 1.807) is 42.3 Å². The van der Waals surface area contributed by atoms with Crippen LogP contribution >= 0.6 is 11.6 Å². The first-order valence-electron chi connectivity index (χ1n) is 8.15. The van der Waals surface area contributed by atoms with Crippen LogP contribution in [0, 0.1) is 0 Å². The number of para-hydroxylation sites is 2. The maximum absolute atomic E-state index is 12.8. The summed E-state index contributed by atoms with van der Waals surface area (Å²) < 4.78 is 11.0. The van der Waals surface area contributed by atoms with E-state index < -0.39 is 6.04 Å². The van der Waals surface area contributed by atoms with Gasteiger partial charge in [-0.05, 0) is 30.3 Å². The Morgan fingerprint density at radius 2 is 1.96 bits per heavy atom. The van der Waals surface area contributed by atoms with Gasteiger partial charge in [0, 0.05) is 23.2 Å². The van der Waals surface area contributed by atoms with Gasteiger partial charge in [-0.25, -0.2) is 0 Å². The molecule has 2 amide bonds. The first-order chi connectivity index (χ1) is 12.5. The Labute approximate surface area is 156 Å². The number of hydrogen-bond acceptors (Lipinski definition) is 4. The van der Waals surface area contributed by atoms with E-state index in [2.05, 4.69) is 5.32 Å². The predicted octanol–water partition coefficient (Wildman–Crippen LogP) is 2.95. The van der Waals surface area contributed by atoms with E-state index >= 15 is 0 Å². The molecule has 0 aromatic heterocycles. The molecule has 0 fully saturated rings. The van der Waals surface area contributed by atoms with Gasteiger partial charge in [-0.1, -0.05) is 23.7 Å². The highest BCUT2D eigenvalue weighted by atomic mass is 35.5. The summed E-state index contributed by atoms with van der Waals surface area (Å²) >= 11 is 6.06. The standard InChI is InChI=1S/C19H19ClN2O4/c1-12(23)21-18-14-11-13(20)7-8-15(14)22(19(18)24)9-10-26-17-6-4-3-5-16(17)25-2/h3-8,11,18H,9-10H2,1-2H3,(H,21,23). The number of anilines is 1. The van der Waals surface area contributed by atoms with Gasteiger partial charge < -0.3 is 19.7 Å². The summed E-state index contributed by atoms with van der Waals surface area (Å²) in [7, 11) is 1.57. The van der Waals surface area contributed by atoms with Crippen molar-refractivity contribution in [1.82, 2.24) is 5.32 Å². The summed E-state index contributed by atoms with van der Waals surface area (Å²) in [5, 5.41) is 3.19. The van der Waals surface area contributed by atoms with Crippen molar-refractivity contribution < 1.29 is 19.1 Å². The molecule has 0 spiro atoms. The molecule has 26 heavy (non-hydrogen) atoms. The lowest BCUT2D eigenvalue weighted by Gasteiger charge is -2.19. The van der Waals surface area contributed by atoms with Gasteiger partial charge in [0.1, 0.15) is 12.6 Å². The van der Waals surface area contributed by atoms with Gasteiger partial charge in [0.05, 0.1) is 13.7 Å². The molecule has 0 radical (unpaired) electrons. The molecular weight excluding hydrogens is 356 g/mol. The van der Waals surface area contributed by atoms with Gasteiger partial charge in [-0.2, -0.15) is 0 Å². The Morgan fingerprint density at radius 3 is 2.65 bits per heavy atom. The lowest BCUT2D eigenvalue weighted by Crippen LogP contribution is -2.38. The summed E-state index contributed by atoms with van der Waals surface area (Å²) in [6.45, 7) is 1.99. The Morgan fingerprint density at radius 1 is 1.23 bits per heavy atom. The topological polar surface area (TPSA) is 67.9 Å². The van der Waals surface area contributed by atoms with Gasteiger partial charge in [-0.3, -0.25) is 9.59 Å². The highest BCUT2D eigenvalue weighted by Gasteiger charge is 2.37. The minimum atomic E-state index is -0.729. The Balaban J connectivity index is 1.76. The lowest BCUT2D eigenvalue weighted by atomic mass is 10.1. The molecule has 0 saturated carbocycles. The van der Waals surface area contributed by atoms with E-state index in [1.165, 1.54) is 6.92 Å². The average molecular weight is 375 g/mol. The maximum atomic E-state index is 12.8. The first-order valence-corrected chi connectivity index (χ1v) is 8.53. The molecule has 2 aromatic carbocycles. The summed E-state index contributed by atoms with van der Waals surface area (Å²) in [6.07, 6.45) is 0. The molecule has 1 unspecified atom stereocenters. The van der Waals surface area contributed by atoms with E-state index in [-0.39, 0.29) is 18.4 Å². The summed E-state index contributed by atoms with van der Waals surface area (Å²) in [5.41, 5.74) is 1.41. The van der Waals surface area contributed by atoms with Crippen molar-refractivity contribution in [2.75, 3.05) is 25.2 Å². The number of nitrogens with one attached hydrogen (secondary N) is 1. The third kappa shape index (κ3) is 3.60. The second kappa shape index (κ2) is 7.66. The van der Waals surface area contributed by atoms with Crippen LogP contribution in [0.15, 0.2) is 42.5 Å². The number of fused-ring (bicyclic) bond motifs is 1. The molecule has 1 aliphatic rings. The molecule has 0 aliphatic carbocycles. The Bertz CT molecular complexity index is 840. The molecule has 136 valence electrons. The van der Waals surface area contributed by atoms with Crippen LogP contribution < -0.4 is 19.7 Å². The Kier molecular flexibility index (Phi) is 5.32. The van der Waals surface area contributed by atoms with Crippen molar-refractivity contribution in [1.29, 1.82) is 0 Å². The van der Waals surface area contributed by atoms with Gasteiger partial charge >= 0.3 is 0 Å². The normalized spacial score (nSPS) is 15.6. The molecular formula is C19H19ClN2O4. The quantitative estimate of drug-likeness (QED) is 0.844. The second-order valence-electron chi connectivity index (χ2n) is 5.83. The fourth-order valence-electron chi connectivity index (χ4n) is 2.97. The number of rotatable bonds is 6. The number of amides is 2. The molecule has 7 heteroatoms. The van der Waals surface area contributed by atoms with E-state index in [4.69, 9.17) is 21.1 Å². The summed E-state index contributed by atoms with van der Waals surface area (Å²) in [5.74, 6) is 0.752. The first kappa shape index (κ1) is 18.1. The van der Waals surface area contributed by atoms with Crippen molar-refractivity contribution in [2.24, 2.45) is 0 Å². The number of halogens is 1. The van der Waals surface area contributed by atoms with Crippen LogP contribution in [0.4, 0.5) is 5.69 Å². The van der Waals surface area contributed by atoms with Crippen LogP contribution in [-0.4, -0.2) is 32.1 Å². The monoisotopic (exact) mass is 374 g/mol. The zero-order valence-electron chi connectivity index (χ0n) is 14.5. The zero-order valence-corrected chi connectivity index (χ0v) is 15.2. The largest absolute Gasteiger partial charge is 0.493 e. The Hall–Kier alpha value is -2.73. The van der Waals surface area contributed by atoms with Crippen molar-refractivity contribution >= 4 is 29.1 Å². The van der Waals surface area contributed by atoms with Crippen LogP contribution in [0.3, 0.4) is 0 Å². The molecule has 1 atom stereocenters. The van der Waals surface area contributed by atoms with Crippen molar-refractivity contribution in [3.63, 3.8) is 0 Å². The number of methoxy groups -OCH3 is 1. The van der Waals surface area contributed by atoms with Crippen LogP contribution in [0.25, 0.3) is 0 Å². The molecule has 0 bridgehead atoms. The van der Waals surface area contributed by atoms with E-state index in [1.807, 2.05) is 12.1 Å². The molecule has 6 nitrogen and oxygen atoms in total. The lowest BCUT2D eigenvalue weighted by molar-refractivity contribution is -0.126. The minimum Gasteiger partial charge on any atom is -0.493 e. The summed E-state index contributed by atoms with van der Waals surface area (Å²) in [6, 6.07) is 11.8. The van der Waals surface area contributed by atoms with Crippen molar-refractivity contribution in [3.05, 3.63) is 53.1 Å². The van der Waals surface area contributed by atoms with Gasteiger partial charge in [0.2, 0.25) is 5.91 Å². The SMILES string of the molecule is COc1ccccc1OCCN1C(=O)C(NC(C)=O)c2cc(Cl)ccc21. The number of hydrogen-bond donors (Lipinski definition) is 1. The smallest absolute Gasteiger partial charge is 0.254 e.